The average Bonchev–Trinajstić information content (AvgIpc) is 3.28. The van der Waals surface area contributed by atoms with Crippen LogP contribution in [0.3, 0.4) is 0 Å². The maximum absolute atomic E-state index is 12.8. The second kappa shape index (κ2) is 13.3. The van der Waals surface area contributed by atoms with Crippen molar-refractivity contribution in [2.75, 3.05) is 19.7 Å². The molecule has 6 rings (SSSR count). The molecule has 9 heteroatoms. The molecule has 47 heavy (non-hydrogen) atoms. The van der Waals surface area contributed by atoms with E-state index in [4.69, 9.17) is 4.74 Å². The van der Waals surface area contributed by atoms with Gasteiger partial charge >= 0.3 is 6.36 Å². The van der Waals surface area contributed by atoms with E-state index in [2.05, 4.69) is 30.7 Å². The molecule has 6 nitrogen and oxygen atoms in total. The monoisotopic (exact) mass is 655 g/mol. The second-order valence-corrected chi connectivity index (χ2v) is 14.8. The van der Waals surface area contributed by atoms with E-state index in [1.807, 2.05) is 35.2 Å². The van der Waals surface area contributed by atoms with Gasteiger partial charge in [-0.2, -0.15) is 0 Å². The van der Waals surface area contributed by atoms with Gasteiger partial charge in [0.1, 0.15) is 5.75 Å². The Balaban J connectivity index is 1.19. The molecule has 2 aromatic carbocycles. The summed E-state index contributed by atoms with van der Waals surface area (Å²) in [4.78, 5) is 2.02. The minimum absolute atomic E-state index is 0.0449. The molecule has 0 radical (unpaired) electrons. The van der Waals surface area contributed by atoms with Crippen LogP contribution in [0, 0.1) is 22.7 Å². The van der Waals surface area contributed by atoms with Crippen LogP contribution >= 0.6 is 0 Å². The molecule has 2 aromatic rings. The second-order valence-electron chi connectivity index (χ2n) is 14.8. The third-order valence-corrected chi connectivity index (χ3v) is 11.8. The third kappa shape index (κ3) is 7.20. The van der Waals surface area contributed by atoms with Gasteiger partial charge in [0.05, 0.1) is 31.0 Å². The van der Waals surface area contributed by atoms with Crippen LogP contribution in [0.15, 0.2) is 77.9 Å². The first-order valence-electron chi connectivity index (χ1n) is 17.0. The molecule has 0 spiro atoms. The number of allylic oxidation sites excluding steroid dienone is 3. The number of benzene rings is 2. The van der Waals surface area contributed by atoms with Crippen LogP contribution in [0.25, 0.3) is 0 Å². The van der Waals surface area contributed by atoms with Crippen LogP contribution in [0.1, 0.15) is 69.9 Å². The average molecular weight is 656 g/mol. The van der Waals surface area contributed by atoms with Gasteiger partial charge in [-0.05, 0) is 85.5 Å². The van der Waals surface area contributed by atoms with E-state index in [0.717, 1.165) is 49.7 Å². The van der Waals surface area contributed by atoms with Gasteiger partial charge in [0.15, 0.2) is 0 Å². The zero-order valence-corrected chi connectivity index (χ0v) is 27.4. The van der Waals surface area contributed by atoms with E-state index in [1.165, 1.54) is 23.3 Å². The number of alkyl halides is 3. The van der Waals surface area contributed by atoms with E-state index in [-0.39, 0.29) is 41.8 Å². The fourth-order valence-corrected chi connectivity index (χ4v) is 9.20. The summed E-state index contributed by atoms with van der Waals surface area (Å²) in [7, 11) is 0. The molecule has 0 saturated heterocycles. The lowest BCUT2D eigenvalue weighted by Crippen LogP contribution is -2.56. The highest BCUT2D eigenvalue weighted by Gasteiger charge is 2.62. The number of rotatable bonds is 11. The summed E-state index contributed by atoms with van der Waals surface area (Å²) in [5.41, 5.74) is 3.18. The number of hydrogen-bond donors (Lipinski definition) is 3. The van der Waals surface area contributed by atoms with Gasteiger partial charge in [-0.15, -0.1) is 13.2 Å². The van der Waals surface area contributed by atoms with Crippen LogP contribution in [0.5, 0.6) is 5.75 Å². The predicted molar refractivity (Wildman–Crippen MR) is 173 cm³/mol. The number of nitrogens with zero attached hydrogens (tertiary/aromatic N) is 1. The van der Waals surface area contributed by atoms with Crippen molar-refractivity contribution in [3.05, 3.63) is 89.0 Å². The minimum atomic E-state index is -4.77. The smallest absolute Gasteiger partial charge is 0.406 e. The van der Waals surface area contributed by atoms with Crippen LogP contribution in [-0.4, -0.2) is 64.1 Å². The first-order valence-corrected chi connectivity index (χ1v) is 17.0. The highest BCUT2D eigenvalue weighted by molar-refractivity contribution is 5.39. The Morgan fingerprint density at radius 3 is 2.36 bits per heavy atom. The molecule has 0 amide bonds. The van der Waals surface area contributed by atoms with Gasteiger partial charge in [0.25, 0.3) is 0 Å². The van der Waals surface area contributed by atoms with Crippen molar-refractivity contribution >= 4 is 0 Å². The summed E-state index contributed by atoms with van der Waals surface area (Å²) < 4.78 is 48.1. The first-order chi connectivity index (χ1) is 22.3. The number of hydrogen-bond acceptors (Lipinski definition) is 6. The number of ether oxygens (including phenoxy) is 2. The Kier molecular flexibility index (Phi) is 9.68. The molecule has 4 aliphatic rings. The van der Waals surface area contributed by atoms with Crippen molar-refractivity contribution < 1.29 is 38.0 Å². The standard InChI is InChI=1S/C38H48F3NO5/c1-35-17-14-29(43)20-28(35)10-13-32-33(35)15-18-36(2)34(32)16-19-37(36,45)25-42(21-26-8-11-31(12-9-26)47-38(39,40)41)22-30(44)24-46-23-27-6-4-3-5-7-27/h3-13,29-30,33-34,43-45H,14-25H2,1-2H3/t29-,30+,33-,34-,35-,36-,37+/m0/s1. The number of fused-ring (bicyclic) bond motifs is 5. The number of aliphatic hydroxyl groups excluding tert-OH is 2. The summed E-state index contributed by atoms with van der Waals surface area (Å²) in [6.07, 6.45) is 4.52. The van der Waals surface area contributed by atoms with Crippen molar-refractivity contribution in [3.63, 3.8) is 0 Å². The fraction of sp³-hybridized carbons (Fsp3) is 0.579. The maximum atomic E-state index is 12.8. The lowest BCUT2D eigenvalue weighted by Gasteiger charge is -2.56. The van der Waals surface area contributed by atoms with Gasteiger partial charge in [0.2, 0.25) is 0 Å². The zero-order valence-electron chi connectivity index (χ0n) is 27.4. The number of halogens is 3. The molecular formula is C38H48F3NO5. The lowest BCUT2D eigenvalue weighted by atomic mass is 9.50. The summed E-state index contributed by atoms with van der Waals surface area (Å²) in [6.45, 7) is 5.94. The van der Waals surface area contributed by atoms with E-state index in [0.29, 0.717) is 32.0 Å². The van der Waals surface area contributed by atoms with E-state index >= 15 is 0 Å². The quantitative estimate of drug-likeness (QED) is 0.244. The molecule has 7 atom stereocenters. The van der Waals surface area contributed by atoms with Gasteiger partial charge in [-0.1, -0.05) is 79.6 Å². The summed E-state index contributed by atoms with van der Waals surface area (Å²) in [6, 6.07) is 15.5. The summed E-state index contributed by atoms with van der Waals surface area (Å²) in [5.74, 6) is 0.350. The highest BCUT2D eigenvalue weighted by Crippen LogP contribution is 2.66. The van der Waals surface area contributed by atoms with Crippen molar-refractivity contribution in [3.8, 4) is 5.75 Å². The van der Waals surface area contributed by atoms with Crippen LogP contribution in [-0.2, 0) is 17.9 Å². The van der Waals surface area contributed by atoms with Crippen molar-refractivity contribution in [1.29, 1.82) is 0 Å². The molecule has 0 unspecified atom stereocenters. The van der Waals surface area contributed by atoms with Crippen LogP contribution < -0.4 is 4.74 Å². The molecule has 0 bridgehead atoms. The van der Waals surface area contributed by atoms with Gasteiger partial charge in [-0.25, -0.2) is 0 Å². The van der Waals surface area contributed by atoms with Gasteiger partial charge < -0.3 is 24.8 Å². The van der Waals surface area contributed by atoms with Gasteiger partial charge in [0, 0.05) is 25.0 Å². The molecule has 0 aliphatic heterocycles. The van der Waals surface area contributed by atoms with Gasteiger partial charge in [-0.3, -0.25) is 4.90 Å². The molecule has 4 aliphatic carbocycles. The normalized spacial score (nSPS) is 32.6. The maximum Gasteiger partial charge on any atom is 0.573 e. The minimum Gasteiger partial charge on any atom is -0.406 e. The Bertz CT molecular complexity index is 1450. The first kappa shape index (κ1) is 34.2. The predicted octanol–water partition coefficient (Wildman–Crippen LogP) is 6.94. The van der Waals surface area contributed by atoms with Crippen molar-refractivity contribution in [2.45, 2.75) is 96.1 Å². The largest absolute Gasteiger partial charge is 0.573 e. The molecule has 0 heterocycles. The van der Waals surface area contributed by atoms with E-state index in [1.54, 1.807) is 12.1 Å². The SMILES string of the molecule is C[C@]12CC[C@H](O)CC1=CC=C1[C@@H]2CC[C@@]2(C)[C@H]1CC[C@@]2(O)CN(Cc1ccc(OC(F)(F)F)cc1)C[C@@H](O)COCc1ccccc1. The third-order valence-electron chi connectivity index (χ3n) is 11.8. The highest BCUT2D eigenvalue weighted by atomic mass is 19.4. The summed E-state index contributed by atoms with van der Waals surface area (Å²) in [5, 5.41) is 34.0. The van der Waals surface area contributed by atoms with Crippen molar-refractivity contribution in [2.24, 2.45) is 22.7 Å². The molecule has 0 aromatic heterocycles. The zero-order chi connectivity index (χ0) is 33.5. The topological polar surface area (TPSA) is 82.4 Å². The van der Waals surface area contributed by atoms with E-state index < -0.39 is 18.1 Å². The molecule has 3 fully saturated rings. The fourth-order valence-electron chi connectivity index (χ4n) is 9.20. The Labute approximate surface area is 275 Å². The molecular weight excluding hydrogens is 607 g/mol. The van der Waals surface area contributed by atoms with Crippen LogP contribution in [0.4, 0.5) is 13.2 Å². The Hall–Kier alpha value is -2.69. The van der Waals surface area contributed by atoms with Crippen LogP contribution in [0.2, 0.25) is 0 Å². The van der Waals surface area contributed by atoms with Crippen molar-refractivity contribution in [1.82, 2.24) is 4.90 Å². The Morgan fingerprint density at radius 2 is 1.64 bits per heavy atom. The lowest BCUT2D eigenvalue weighted by molar-refractivity contribution is -0.274. The van der Waals surface area contributed by atoms with E-state index in [9.17, 15) is 28.5 Å². The number of aliphatic hydroxyl groups is 3. The Morgan fingerprint density at radius 1 is 0.915 bits per heavy atom. The molecule has 3 saturated carbocycles. The molecule has 256 valence electrons. The summed E-state index contributed by atoms with van der Waals surface area (Å²) >= 11 is 0. The molecule has 3 N–H and O–H groups in total.